The fraction of sp³-hybridized carbons (Fsp3) is 0.500. The van der Waals surface area contributed by atoms with Crippen LogP contribution in [0.3, 0.4) is 0 Å². The first-order valence-electron chi connectivity index (χ1n) is 6.97. The van der Waals surface area contributed by atoms with Gasteiger partial charge in [0.05, 0.1) is 5.56 Å². The van der Waals surface area contributed by atoms with Crippen LogP contribution in [0.1, 0.15) is 50.0 Å². The number of hydrogen-bond acceptors (Lipinski definition) is 4. The predicted molar refractivity (Wildman–Crippen MR) is 76.5 cm³/mol. The van der Waals surface area contributed by atoms with Crippen molar-refractivity contribution in [1.82, 2.24) is 0 Å². The fourth-order valence-electron chi connectivity index (χ4n) is 1.60. The van der Waals surface area contributed by atoms with E-state index in [1.807, 2.05) is 12.1 Å². The molecule has 1 aromatic carbocycles. The highest BCUT2D eigenvalue weighted by atomic mass is 16.6. The molecule has 4 heteroatoms. The highest BCUT2D eigenvalue weighted by Gasteiger charge is 2.20. The normalized spacial score (nSPS) is 13.4. The molecule has 20 heavy (non-hydrogen) atoms. The van der Waals surface area contributed by atoms with Crippen molar-refractivity contribution < 1.29 is 19.1 Å². The van der Waals surface area contributed by atoms with Crippen molar-refractivity contribution in [1.29, 1.82) is 0 Å². The van der Waals surface area contributed by atoms with Crippen LogP contribution in [0.2, 0.25) is 0 Å². The van der Waals surface area contributed by atoms with Gasteiger partial charge < -0.3 is 9.47 Å². The first-order chi connectivity index (χ1) is 9.47. The summed E-state index contributed by atoms with van der Waals surface area (Å²) in [6.45, 7) is 7.21. The molecule has 0 spiro atoms. The van der Waals surface area contributed by atoms with Crippen LogP contribution in [0.4, 0.5) is 0 Å². The first-order valence-corrected chi connectivity index (χ1v) is 6.97. The first kappa shape index (κ1) is 16.2. The summed E-state index contributed by atoms with van der Waals surface area (Å²) in [5.41, 5.74) is 1.67. The second-order valence-corrected chi connectivity index (χ2v) is 4.71. The largest absolute Gasteiger partial charge is 0.459 e. The van der Waals surface area contributed by atoms with E-state index in [4.69, 9.17) is 9.47 Å². The monoisotopic (exact) mass is 278 g/mol. The maximum atomic E-state index is 12.0. The van der Waals surface area contributed by atoms with E-state index in [1.165, 1.54) is 5.56 Å². The van der Waals surface area contributed by atoms with Crippen molar-refractivity contribution in [3.05, 3.63) is 35.4 Å². The average molecular weight is 278 g/mol. The van der Waals surface area contributed by atoms with Gasteiger partial charge in [0.1, 0.15) is 12.2 Å². The molecule has 110 valence electrons. The highest BCUT2D eigenvalue weighted by molar-refractivity contribution is 5.89. The van der Waals surface area contributed by atoms with Gasteiger partial charge in [0.2, 0.25) is 0 Å². The molecule has 0 aliphatic rings. The summed E-state index contributed by atoms with van der Waals surface area (Å²) in [6.07, 6.45) is 0.296. The smallest absolute Gasteiger partial charge is 0.338 e. The quantitative estimate of drug-likeness (QED) is 0.750. The van der Waals surface area contributed by atoms with Gasteiger partial charge >= 0.3 is 11.9 Å². The molecule has 2 atom stereocenters. The van der Waals surface area contributed by atoms with Crippen LogP contribution in [0.15, 0.2) is 24.3 Å². The summed E-state index contributed by atoms with van der Waals surface area (Å²) in [5, 5.41) is 0. The van der Waals surface area contributed by atoms with Crippen molar-refractivity contribution in [2.24, 2.45) is 0 Å². The lowest BCUT2D eigenvalue weighted by Gasteiger charge is -2.20. The molecule has 0 fully saturated rings. The number of esters is 2. The Bertz CT molecular complexity index is 450. The van der Waals surface area contributed by atoms with E-state index in [1.54, 1.807) is 32.9 Å². The summed E-state index contributed by atoms with van der Waals surface area (Å²) in [7, 11) is 0. The van der Waals surface area contributed by atoms with E-state index in [9.17, 15) is 9.59 Å². The highest BCUT2D eigenvalue weighted by Crippen LogP contribution is 2.11. The Morgan fingerprint density at radius 1 is 1.00 bits per heavy atom. The van der Waals surface area contributed by atoms with Gasteiger partial charge in [-0.25, -0.2) is 4.79 Å². The summed E-state index contributed by atoms with van der Waals surface area (Å²) < 4.78 is 10.4. The van der Waals surface area contributed by atoms with Crippen LogP contribution in [-0.2, 0) is 20.7 Å². The van der Waals surface area contributed by atoms with Gasteiger partial charge in [0.25, 0.3) is 0 Å². The van der Waals surface area contributed by atoms with Gasteiger partial charge in [-0.3, -0.25) is 4.79 Å². The molecule has 0 saturated carbocycles. The van der Waals surface area contributed by atoms with Crippen LogP contribution in [0.5, 0.6) is 0 Å². The van der Waals surface area contributed by atoms with Crippen LogP contribution in [-0.4, -0.2) is 24.1 Å². The molecule has 0 N–H and O–H groups in total. The predicted octanol–water partition coefficient (Wildman–Crippen LogP) is 3.14. The SMILES string of the molecule is CCC(=O)OC(C)C(C)OC(=O)c1ccc(CC)cc1. The van der Waals surface area contributed by atoms with Gasteiger partial charge in [0, 0.05) is 6.42 Å². The minimum atomic E-state index is -0.483. The second-order valence-electron chi connectivity index (χ2n) is 4.71. The van der Waals surface area contributed by atoms with E-state index in [-0.39, 0.29) is 5.97 Å². The maximum absolute atomic E-state index is 12.0. The molecule has 0 aliphatic carbocycles. The van der Waals surface area contributed by atoms with E-state index in [0.717, 1.165) is 6.42 Å². The summed E-state index contributed by atoms with van der Waals surface area (Å²) in [5.74, 6) is -0.702. The Morgan fingerprint density at radius 3 is 2.05 bits per heavy atom. The van der Waals surface area contributed by atoms with E-state index in [0.29, 0.717) is 12.0 Å². The molecule has 1 rings (SSSR count). The number of benzene rings is 1. The molecule has 0 saturated heterocycles. The Balaban J connectivity index is 2.57. The van der Waals surface area contributed by atoms with Crippen molar-refractivity contribution in [2.75, 3.05) is 0 Å². The number of hydrogen-bond donors (Lipinski definition) is 0. The fourth-order valence-corrected chi connectivity index (χ4v) is 1.60. The minimum Gasteiger partial charge on any atom is -0.459 e. The van der Waals surface area contributed by atoms with Crippen LogP contribution in [0, 0.1) is 0 Å². The molecule has 0 aromatic heterocycles. The van der Waals surface area contributed by atoms with Gasteiger partial charge in [0.15, 0.2) is 0 Å². The zero-order chi connectivity index (χ0) is 15.1. The van der Waals surface area contributed by atoms with Gasteiger partial charge in [-0.15, -0.1) is 0 Å². The average Bonchev–Trinajstić information content (AvgIpc) is 2.46. The lowest BCUT2D eigenvalue weighted by atomic mass is 10.1. The molecule has 1 aromatic rings. The summed E-state index contributed by atoms with van der Waals surface area (Å²) in [6, 6.07) is 7.30. The Morgan fingerprint density at radius 2 is 1.55 bits per heavy atom. The molecule has 0 amide bonds. The number of carbonyl (C=O) groups is 2. The molecule has 0 heterocycles. The molecular formula is C16H22O4. The third kappa shape index (κ3) is 4.68. The number of rotatable bonds is 6. The van der Waals surface area contributed by atoms with E-state index >= 15 is 0 Å². The van der Waals surface area contributed by atoms with Crippen LogP contribution in [0.25, 0.3) is 0 Å². The zero-order valence-electron chi connectivity index (χ0n) is 12.5. The standard InChI is InChI=1S/C16H22O4/c1-5-13-7-9-14(10-8-13)16(18)20-12(4)11(3)19-15(17)6-2/h7-12H,5-6H2,1-4H3. The lowest BCUT2D eigenvalue weighted by Crippen LogP contribution is -2.30. The molecule has 0 aliphatic heterocycles. The zero-order valence-corrected chi connectivity index (χ0v) is 12.5. The van der Waals surface area contributed by atoms with Crippen molar-refractivity contribution >= 4 is 11.9 Å². The van der Waals surface area contributed by atoms with Gasteiger partial charge in [-0.2, -0.15) is 0 Å². The lowest BCUT2D eigenvalue weighted by molar-refractivity contribution is -0.152. The number of carbonyl (C=O) groups excluding carboxylic acids is 2. The van der Waals surface area contributed by atoms with Gasteiger partial charge in [-0.1, -0.05) is 26.0 Å². The Hall–Kier alpha value is -1.84. The molecule has 0 bridgehead atoms. The summed E-state index contributed by atoms with van der Waals surface area (Å²) in [4.78, 5) is 23.1. The number of ether oxygens (including phenoxy) is 2. The Kier molecular flexibility index (Phi) is 6.22. The maximum Gasteiger partial charge on any atom is 0.338 e. The molecule has 4 nitrogen and oxygen atoms in total. The summed E-state index contributed by atoms with van der Waals surface area (Å²) >= 11 is 0. The third-order valence-electron chi connectivity index (χ3n) is 3.16. The second kappa shape index (κ2) is 7.68. The molecule has 0 radical (unpaired) electrons. The van der Waals surface area contributed by atoms with Crippen LogP contribution < -0.4 is 0 Å². The van der Waals surface area contributed by atoms with Crippen molar-refractivity contribution in [3.63, 3.8) is 0 Å². The van der Waals surface area contributed by atoms with E-state index in [2.05, 4.69) is 6.92 Å². The minimum absolute atomic E-state index is 0.298. The molecular weight excluding hydrogens is 256 g/mol. The topological polar surface area (TPSA) is 52.6 Å². The number of aryl methyl sites for hydroxylation is 1. The molecule has 2 unspecified atom stereocenters. The van der Waals surface area contributed by atoms with Crippen molar-refractivity contribution in [3.8, 4) is 0 Å². The van der Waals surface area contributed by atoms with Gasteiger partial charge in [-0.05, 0) is 38.0 Å². The third-order valence-corrected chi connectivity index (χ3v) is 3.16. The van der Waals surface area contributed by atoms with Crippen molar-refractivity contribution in [2.45, 2.75) is 52.7 Å². The van der Waals surface area contributed by atoms with Crippen LogP contribution >= 0.6 is 0 Å². The van der Waals surface area contributed by atoms with E-state index < -0.39 is 18.2 Å². The Labute approximate surface area is 120 Å².